The first-order chi connectivity index (χ1) is 18.4. The summed E-state index contributed by atoms with van der Waals surface area (Å²) in [5.41, 5.74) is 2.01. The second-order valence-electron chi connectivity index (χ2n) is 10.5. The van der Waals surface area contributed by atoms with E-state index in [1.165, 1.54) is 4.90 Å². The molecule has 0 saturated heterocycles. The van der Waals surface area contributed by atoms with Crippen molar-refractivity contribution in [3.63, 3.8) is 0 Å². The molecule has 3 rings (SSSR count). The smallest absolute Gasteiger partial charge is 0.408 e. The highest BCUT2D eigenvalue weighted by atomic mass is 16.6. The Morgan fingerprint density at radius 2 is 1.64 bits per heavy atom. The Kier molecular flexibility index (Phi) is 9.66. The number of ether oxygens (including phenoxy) is 1. The van der Waals surface area contributed by atoms with Crippen LogP contribution < -0.4 is 10.6 Å². The maximum absolute atomic E-state index is 13.9. The number of aliphatic hydroxyl groups excluding tert-OH is 2. The van der Waals surface area contributed by atoms with Gasteiger partial charge in [-0.05, 0) is 68.7 Å². The van der Waals surface area contributed by atoms with E-state index in [2.05, 4.69) is 10.6 Å². The van der Waals surface area contributed by atoms with Crippen LogP contribution in [0.25, 0.3) is 10.8 Å². The minimum absolute atomic E-state index is 0.214. The summed E-state index contributed by atoms with van der Waals surface area (Å²) in [6.07, 6.45) is -0.887. The van der Waals surface area contributed by atoms with E-state index in [1.54, 1.807) is 32.9 Å². The topological polar surface area (TPSA) is 128 Å². The standard InChI is InChI=1S/C30H37N3O6/c1-19-10-13-24(20(2)16-19)26(27(36)31-23-12-11-21-8-6-7-9-22(21)17-23)33(14-15-34)28(37)25(18-35)32-29(38)39-30(3,4)5/h6-13,16-17,25-26,34-35H,14-15,18H2,1-5H3,(H,31,36)(H,32,38). The molecule has 0 radical (unpaired) electrons. The zero-order valence-electron chi connectivity index (χ0n) is 23.0. The molecule has 9 heteroatoms. The third-order valence-electron chi connectivity index (χ3n) is 6.09. The number of rotatable bonds is 9. The number of benzene rings is 3. The average Bonchev–Trinajstić information content (AvgIpc) is 2.86. The lowest BCUT2D eigenvalue weighted by atomic mass is 9.96. The van der Waals surface area contributed by atoms with Crippen molar-refractivity contribution in [2.75, 3.05) is 25.1 Å². The molecule has 2 atom stereocenters. The molecular formula is C30H37N3O6. The Hall–Kier alpha value is -3.95. The Morgan fingerprint density at radius 3 is 2.26 bits per heavy atom. The highest BCUT2D eigenvalue weighted by Gasteiger charge is 2.36. The van der Waals surface area contributed by atoms with Crippen LogP contribution in [0.2, 0.25) is 0 Å². The molecule has 0 aromatic heterocycles. The Bertz CT molecular complexity index is 1330. The predicted octanol–water partition coefficient (Wildman–Crippen LogP) is 3.84. The first-order valence-corrected chi connectivity index (χ1v) is 12.8. The molecule has 0 aliphatic heterocycles. The van der Waals surface area contributed by atoms with E-state index in [9.17, 15) is 24.6 Å². The number of hydrogen-bond donors (Lipinski definition) is 4. The number of carbonyl (C=O) groups is 3. The number of hydrogen-bond acceptors (Lipinski definition) is 6. The van der Waals surface area contributed by atoms with Gasteiger partial charge >= 0.3 is 6.09 Å². The average molecular weight is 536 g/mol. The van der Waals surface area contributed by atoms with Crippen LogP contribution in [0.1, 0.15) is 43.5 Å². The fourth-order valence-corrected chi connectivity index (χ4v) is 4.37. The van der Waals surface area contributed by atoms with E-state index in [4.69, 9.17) is 4.74 Å². The molecule has 0 spiro atoms. The number of anilines is 1. The van der Waals surface area contributed by atoms with Crippen molar-refractivity contribution in [2.45, 2.75) is 52.3 Å². The monoisotopic (exact) mass is 535 g/mol. The van der Waals surface area contributed by atoms with Crippen molar-refractivity contribution in [3.8, 4) is 0 Å². The van der Waals surface area contributed by atoms with Gasteiger partial charge in [0.1, 0.15) is 17.7 Å². The highest BCUT2D eigenvalue weighted by Crippen LogP contribution is 2.28. The molecule has 3 amide bonds. The maximum atomic E-state index is 13.9. The molecule has 39 heavy (non-hydrogen) atoms. The lowest BCUT2D eigenvalue weighted by Gasteiger charge is -2.34. The Morgan fingerprint density at radius 1 is 0.949 bits per heavy atom. The van der Waals surface area contributed by atoms with Crippen molar-refractivity contribution in [1.29, 1.82) is 0 Å². The highest BCUT2D eigenvalue weighted by molar-refractivity contribution is 6.00. The van der Waals surface area contributed by atoms with Gasteiger partial charge in [-0.1, -0.05) is 54.1 Å². The van der Waals surface area contributed by atoms with Crippen LogP contribution in [0.4, 0.5) is 10.5 Å². The quantitative estimate of drug-likeness (QED) is 0.330. The summed E-state index contributed by atoms with van der Waals surface area (Å²) in [7, 11) is 0. The van der Waals surface area contributed by atoms with Gasteiger partial charge in [-0.3, -0.25) is 9.59 Å². The molecule has 0 aliphatic rings. The number of nitrogens with one attached hydrogen (secondary N) is 2. The third-order valence-corrected chi connectivity index (χ3v) is 6.09. The van der Waals surface area contributed by atoms with Gasteiger partial charge in [0, 0.05) is 12.2 Å². The Balaban J connectivity index is 2.00. The maximum Gasteiger partial charge on any atom is 0.408 e. The van der Waals surface area contributed by atoms with Crippen molar-refractivity contribution in [3.05, 3.63) is 77.4 Å². The van der Waals surface area contributed by atoms with Crippen LogP contribution in [-0.2, 0) is 14.3 Å². The second kappa shape index (κ2) is 12.7. The van der Waals surface area contributed by atoms with Crippen molar-refractivity contribution in [2.24, 2.45) is 0 Å². The van der Waals surface area contributed by atoms with Gasteiger partial charge in [0.2, 0.25) is 5.91 Å². The number of carbonyl (C=O) groups excluding carboxylic acids is 3. The van der Waals surface area contributed by atoms with Crippen molar-refractivity contribution < 1.29 is 29.3 Å². The Labute approximate surface area is 228 Å². The molecule has 0 heterocycles. The summed E-state index contributed by atoms with van der Waals surface area (Å²) >= 11 is 0. The van der Waals surface area contributed by atoms with Gasteiger partial charge in [0.15, 0.2) is 0 Å². The fourth-order valence-electron chi connectivity index (χ4n) is 4.37. The summed E-state index contributed by atoms with van der Waals surface area (Å²) in [5, 5.41) is 27.1. The molecule has 208 valence electrons. The number of nitrogens with zero attached hydrogens (tertiary/aromatic N) is 1. The SMILES string of the molecule is Cc1ccc(C(C(=O)Nc2ccc3ccccc3c2)N(CCO)C(=O)C(CO)NC(=O)OC(C)(C)C)c(C)c1. The number of alkyl carbamates (subject to hydrolysis) is 1. The molecule has 0 bridgehead atoms. The molecular weight excluding hydrogens is 498 g/mol. The van der Waals surface area contributed by atoms with E-state index >= 15 is 0 Å². The molecule has 4 N–H and O–H groups in total. The van der Waals surface area contributed by atoms with Crippen LogP contribution >= 0.6 is 0 Å². The lowest BCUT2D eigenvalue weighted by Crippen LogP contribution is -2.54. The van der Waals surface area contributed by atoms with E-state index in [-0.39, 0.29) is 6.54 Å². The number of fused-ring (bicyclic) bond motifs is 1. The van der Waals surface area contributed by atoms with E-state index < -0.39 is 48.8 Å². The molecule has 9 nitrogen and oxygen atoms in total. The molecule has 3 aromatic rings. The number of aryl methyl sites for hydroxylation is 2. The molecule has 2 unspecified atom stereocenters. The largest absolute Gasteiger partial charge is 0.444 e. The first kappa shape index (κ1) is 29.6. The van der Waals surface area contributed by atoms with Gasteiger partial charge in [-0.25, -0.2) is 4.79 Å². The van der Waals surface area contributed by atoms with Crippen molar-refractivity contribution in [1.82, 2.24) is 10.2 Å². The summed E-state index contributed by atoms with van der Waals surface area (Å²) < 4.78 is 5.24. The van der Waals surface area contributed by atoms with Gasteiger partial charge in [-0.2, -0.15) is 0 Å². The van der Waals surface area contributed by atoms with Crippen LogP contribution in [-0.4, -0.2) is 64.4 Å². The summed E-state index contributed by atoms with van der Waals surface area (Å²) in [4.78, 5) is 41.1. The van der Waals surface area contributed by atoms with Crippen LogP contribution in [0, 0.1) is 13.8 Å². The molecule has 0 saturated carbocycles. The lowest BCUT2D eigenvalue weighted by molar-refractivity contribution is -0.142. The van der Waals surface area contributed by atoms with E-state index in [0.717, 1.165) is 21.9 Å². The minimum Gasteiger partial charge on any atom is -0.444 e. The third kappa shape index (κ3) is 7.78. The van der Waals surface area contributed by atoms with Gasteiger partial charge < -0.3 is 30.5 Å². The number of amides is 3. The second-order valence-corrected chi connectivity index (χ2v) is 10.5. The van der Waals surface area contributed by atoms with Crippen LogP contribution in [0.15, 0.2) is 60.7 Å². The minimum atomic E-state index is -1.40. The van der Waals surface area contributed by atoms with Gasteiger partial charge in [-0.15, -0.1) is 0 Å². The zero-order valence-corrected chi connectivity index (χ0v) is 23.0. The normalized spacial score (nSPS) is 12.9. The van der Waals surface area contributed by atoms with Gasteiger partial charge in [0.25, 0.3) is 5.91 Å². The summed E-state index contributed by atoms with van der Waals surface area (Å²) in [6, 6.07) is 16.2. The zero-order chi connectivity index (χ0) is 28.7. The summed E-state index contributed by atoms with van der Waals surface area (Å²) in [5.74, 6) is -1.25. The predicted molar refractivity (Wildman–Crippen MR) is 150 cm³/mol. The molecule has 3 aromatic carbocycles. The first-order valence-electron chi connectivity index (χ1n) is 12.8. The van der Waals surface area contributed by atoms with Crippen molar-refractivity contribution >= 4 is 34.4 Å². The molecule has 0 fully saturated rings. The van der Waals surface area contributed by atoms with Crippen LogP contribution in [0.5, 0.6) is 0 Å². The van der Waals surface area contributed by atoms with Crippen LogP contribution in [0.3, 0.4) is 0 Å². The fraction of sp³-hybridized carbons (Fsp3) is 0.367. The van der Waals surface area contributed by atoms with E-state index in [1.807, 2.05) is 62.4 Å². The molecule has 0 aliphatic carbocycles. The van der Waals surface area contributed by atoms with Gasteiger partial charge in [0.05, 0.1) is 13.2 Å². The van der Waals surface area contributed by atoms with E-state index in [0.29, 0.717) is 11.3 Å². The number of aliphatic hydroxyl groups is 2. The summed E-state index contributed by atoms with van der Waals surface area (Å²) in [6.45, 7) is 7.39.